The molecule has 0 fully saturated rings. The van der Waals surface area contributed by atoms with Gasteiger partial charge in [0.25, 0.3) is 5.91 Å². The maximum absolute atomic E-state index is 11.5. The molecule has 6 nitrogen and oxygen atoms in total. The Morgan fingerprint density at radius 2 is 1.96 bits per heavy atom. The number of hydrogen-bond donors (Lipinski definition) is 3. The van der Waals surface area contributed by atoms with Gasteiger partial charge in [-0.15, -0.1) is 11.3 Å². The van der Waals surface area contributed by atoms with Gasteiger partial charge in [-0.2, -0.15) is 0 Å². The Morgan fingerprint density at radius 3 is 2.71 bits per heavy atom. The molecule has 4 N–H and O–H groups in total. The van der Waals surface area contributed by atoms with Gasteiger partial charge in [-0.25, -0.2) is 4.79 Å². The standard InChI is InChI=1S/C17H17N3O3S/c18-16(21)14-7-1-2-8-15(14)23-10-4-3-9-19-17(22)20-12-13-6-5-11-24-13/h1-2,5-8,11H,9-10,12H2,(H2,18,21)(H2,19,20,22). The van der Waals surface area contributed by atoms with E-state index in [1.165, 1.54) is 0 Å². The van der Waals surface area contributed by atoms with Crippen molar-refractivity contribution in [3.05, 3.63) is 52.2 Å². The van der Waals surface area contributed by atoms with Crippen molar-refractivity contribution in [3.8, 4) is 17.6 Å². The Bertz CT molecular complexity index is 748. The Labute approximate surface area is 144 Å². The largest absolute Gasteiger partial charge is 0.480 e. The van der Waals surface area contributed by atoms with Crippen LogP contribution in [-0.2, 0) is 6.54 Å². The van der Waals surface area contributed by atoms with Gasteiger partial charge in [0, 0.05) is 4.88 Å². The van der Waals surface area contributed by atoms with Gasteiger partial charge in [0.05, 0.1) is 18.7 Å². The smallest absolute Gasteiger partial charge is 0.315 e. The minimum Gasteiger partial charge on any atom is -0.480 e. The summed E-state index contributed by atoms with van der Waals surface area (Å²) in [5.74, 6) is 5.36. The third-order valence-electron chi connectivity index (χ3n) is 2.92. The molecule has 1 heterocycles. The second-order valence-corrected chi connectivity index (χ2v) is 5.65. The summed E-state index contributed by atoms with van der Waals surface area (Å²) in [6.07, 6.45) is 0. The minimum absolute atomic E-state index is 0.1000. The van der Waals surface area contributed by atoms with Gasteiger partial charge >= 0.3 is 6.03 Å². The van der Waals surface area contributed by atoms with Crippen LogP contribution in [0.15, 0.2) is 41.8 Å². The summed E-state index contributed by atoms with van der Waals surface area (Å²) in [4.78, 5) is 23.9. The van der Waals surface area contributed by atoms with E-state index in [2.05, 4.69) is 22.5 Å². The summed E-state index contributed by atoms with van der Waals surface area (Å²) < 4.78 is 5.40. The highest BCUT2D eigenvalue weighted by Crippen LogP contribution is 2.16. The molecule has 0 unspecified atom stereocenters. The molecule has 0 radical (unpaired) electrons. The number of nitrogens with one attached hydrogen (secondary N) is 2. The summed E-state index contributed by atoms with van der Waals surface area (Å²) >= 11 is 1.58. The number of carbonyl (C=O) groups excluding carboxylic acids is 2. The van der Waals surface area contributed by atoms with Crippen molar-refractivity contribution in [3.63, 3.8) is 0 Å². The van der Waals surface area contributed by atoms with E-state index >= 15 is 0 Å². The third-order valence-corrected chi connectivity index (χ3v) is 3.79. The lowest BCUT2D eigenvalue weighted by molar-refractivity contribution is 0.0997. The monoisotopic (exact) mass is 343 g/mol. The van der Waals surface area contributed by atoms with Gasteiger partial charge in [0.2, 0.25) is 0 Å². The maximum Gasteiger partial charge on any atom is 0.315 e. The van der Waals surface area contributed by atoms with Gasteiger partial charge in [-0.1, -0.05) is 30.0 Å². The fraction of sp³-hybridized carbons (Fsp3) is 0.176. The average molecular weight is 343 g/mol. The maximum atomic E-state index is 11.5. The second-order valence-electron chi connectivity index (χ2n) is 4.62. The summed E-state index contributed by atoms with van der Waals surface area (Å²) in [5, 5.41) is 7.31. The zero-order valence-corrected chi connectivity index (χ0v) is 13.7. The normalized spacial score (nSPS) is 9.50. The van der Waals surface area contributed by atoms with Crippen molar-refractivity contribution in [2.45, 2.75) is 6.54 Å². The fourth-order valence-corrected chi connectivity index (χ4v) is 2.44. The first-order valence-corrected chi connectivity index (χ1v) is 8.06. The topological polar surface area (TPSA) is 93.5 Å². The average Bonchev–Trinajstić information content (AvgIpc) is 3.10. The molecule has 1 aromatic heterocycles. The Morgan fingerprint density at radius 1 is 1.12 bits per heavy atom. The van der Waals surface area contributed by atoms with Crippen LogP contribution >= 0.6 is 11.3 Å². The summed E-state index contributed by atoms with van der Waals surface area (Å²) in [6, 6.07) is 10.3. The van der Waals surface area contributed by atoms with Crippen LogP contribution in [0.5, 0.6) is 5.75 Å². The quantitative estimate of drug-likeness (QED) is 0.697. The van der Waals surface area contributed by atoms with Crippen LogP contribution in [-0.4, -0.2) is 25.1 Å². The predicted octanol–water partition coefficient (Wildman–Crippen LogP) is 1.73. The molecule has 0 saturated heterocycles. The van der Waals surface area contributed by atoms with Gasteiger partial charge in [0.15, 0.2) is 0 Å². The molecule has 0 spiro atoms. The Kier molecular flexibility index (Phi) is 6.68. The van der Waals surface area contributed by atoms with Crippen LogP contribution in [0.2, 0.25) is 0 Å². The lowest BCUT2D eigenvalue weighted by atomic mass is 10.2. The molecule has 7 heteroatoms. The van der Waals surface area contributed by atoms with E-state index in [1.54, 1.807) is 35.6 Å². The second kappa shape index (κ2) is 9.22. The number of benzene rings is 1. The van der Waals surface area contributed by atoms with Crippen molar-refractivity contribution < 1.29 is 14.3 Å². The van der Waals surface area contributed by atoms with Gasteiger partial charge in [-0.05, 0) is 23.6 Å². The Balaban J connectivity index is 1.67. The van der Waals surface area contributed by atoms with Crippen LogP contribution in [0, 0.1) is 11.8 Å². The molecule has 0 atom stereocenters. The van der Waals surface area contributed by atoms with Crippen LogP contribution in [0.1, 0.15) is 15.2 Å². The summed E-state index contributed by atoms with van der Waals surface area (Å²) in [5.41, 5.74) is 5.57. The number of urea groups is 1. The van der Waals surface area contributed by atoms with Crippen molar-refractivity contribution in [1.82, 2.24) is 10.6 Å². The van der Waals surface area contributed by atoms with Crippen LogP contribution in [0.4, 0.5) is 4.79 Å². The first-order valence-electron chi connectivity index (χ1n) is 7.18. The van der Waals surface area contributed by atoms with E-state index in [1.807, 2.05) is 17.5 Å². The number of nitrogens with two attached hydrogens (primary N) is 1. The third kappa shape index (κ3) is 5.66. The molecular formula is C17H17N3O3S. The molecule has 24 heavy (non-hydrogen) atoms. The number of hydrogen-bond acceptors (Lipinski definition) is 4. The number of carbonyl (C=O) groups is 2. The number of amides is 3. The molecule has 1 aromatic carbocycles. The lowest BCUT2D eigenvalue weighted by Crippen LogP contribution is -2.35. The zero-order valence-electron chi connectivity index (χ0n) is 12.9. The van der Waals surface area contributed by atoms with Crippen molar-refractivity contribution in [2.75, 3.05) is 13.2 Å². The van der Waals surface area contributed by atoms with Gasteiger partial charge in [0.1, 0.15) is 12.4 Å². The van der Waals surface area contributed by atoms with Gasteiger partial charge in [-0.3, -0.25) is 4.79 Å². The van der Waals surface area contributed by atoms with Gasteiger partial charge < -0.3 is 21.1 Å². The van der Waals surface area contributed by atoms with E-state index in [4.69, 9.17) is 10.5 Å². The van der Waals surface area contributed by atoms with Crippen LogP contribution in [0.3, 0.4) is 0 Å². The number of para-hydroxylation sites is 1. The lowest BCUT2D eigenvalue weighted by Gasteiger charge is -2.06. The van der Waals surface area contributed by atoms with E-state index < -0.39 is 5.91 Å². The molecule has 0 aliphatic heterocycles. The molecule has 124 valence electrons. The van der Waals surface area contributed by atoms with Crippen LogP contribution in [0.25, 0.3) is 0 Å². The molecule has 0 aliphatic rings. The molecule has 0 bridgehead atoms. The minimum atomic E-state index is -0.553. The highest BCUT2D eigenvalue weighted by molar-refractivity contribution is 7.09. The number of ether oxygens (including phenoxy) is 1. The highest BCUT2D eigenvalue weighted by Gasteiger charge is 2.07. The SMILES string of the molecule is NC(=O)c1ccccc1OCC#CCNC(=O)NCc1cccs1. The van der Waals surface area contributed by atoms with E-state index in [0.29, 0.717) is 17.9 Å². The molecule has 2 aromatic rings. The van der Waals surface area contributed by atoms with Crippen molar-refractivity contribution in [2.24, 2.45) is 5.73 Å². The summed E-state index contributed by atoms with van der Waals surface area (Å²) in [6.45, 7) is 0.795. The van der Waals surface area contributed by atoms with Crippen molar-refractivity contribution >= 4 is 23.3 Å². The molecule has 3 amide bonds. The first-order chi connectivity index (χ1) is 11.7. The fourth-order valence-electron chi connectivity index (χ4n) is 1.79. The molecule has 0 saturated carbocycles. The number of rotatable bonds is 6. The number of thiophene rings is 1. The van der Waals surface area contributed by atoms with E-state index in [9.17, 15) is 9.59 Å². The predicted molar refractivity (Wildman–Crippen MR) is 92.8 cm³/mol. The molecule has 0 aliphatic carbocycles. The van der Waals surface area contributed by atoms with E-state index in [0.717, 1.165) is 4.88 Å². The molecular weight excluding hydrogens is 326 g/mol. The summed E-state index contributed by atoms with van der Waals surface area (Å²) in [7, 11) is 0. The highest BCUT2D eigenvalue weighted by atomic mass is 32.1. The van der Waals surface area contributed by atoms with Crippen LogP contribution < -0.4 is 21.1 Å². The first kappa shape index (κ1) is 17.4. The zero-order chi connectivity index (χ0) is 17.2. The van der Waals surface area contributed by atoms with E-state index in [-0.39, 0.29) is 19.2 Å². The number of primary amides is 1. The van der Waals surface area contributed by atoms with Crippen molar-refractivity contribution in [1.29, 1.82) is 0 Å². The molecule has 2 rings (SSSR count). The Hall–Kier alpha value is -2.98.